The maximum atomic E-state index is 12.7. The highest BCUT2D eigenvalue weighted by Gasteiger charge is 2.14. The molecule has 0 fully saturated rings. The van der Waals surface area contributed by atoms with Gasteiger partial charge in [0, 0.05) is 16.9 Å². The van der Waals surface area contributed by atoms with Crippen LogP contribution in [-0.4, -0.2) is 10.9 Å². The minimum absolute atomic E-state index is 0.131. The van der Waals surface area contributed by atoms with E-state index < -0.39 is 0 Å². The van der Waals surface area contributed by atoms with Gasteiger partial charge in [0.15, 0.2) is 0 Å². The van der Waals surface area contributed by atoms with Crippen molar-refractivity contribution in [2.24, 2.45) is 0 Å². The fourth-order valence-corrected chi connectivity index (χ4v) is 4.11. The number of carbonyl (C=O) groups excluding carboxylic acids is 1. The minimum atomic E-state index is -0.131. The van der Waals surface area contributed by atoms with Crippen LogP contribution in [0.15, 0.2) is 66.7 Å². The van der Waals surface area contributed by atoms with Crippen molar-refractivity contribution in [3.63, 3.8) is 0 Å². The van der Waals surface area contributed by atoms with Crippen LogP contribution in [0.2, 0.25) is 0 Å². The molecule has 3 nitrogen and oxygen atoms in total. The minimum Gasteiger partial charge on any atom is -0.321 e. The number of aryl methyl sites for hydroxylation is 1. The summed E-state index contributed by atoms with van der Waals surface area (Å²) in [6, 6.07) is 21.6. The molecule has 134 valence electrons. The van der Waals surface area contributed by atoms with Crippen LogP contribution >= 0.6 is 24.0 Å². The predicted octanol–water partition coefficient (Wildman–Crippen LogP) is 5.95. The zero-order valence-electron chi connectivity index (χ0n) is 14.8. The number of amides is 1. The van der Waals surface area contributed by atoms with E-state index in [1.54, 1.807) is 11.3 Å². The number of rotatable bonds is 4. The van der Waals surface area contributed by atoms with Gasteiger partial charge >= 0.3 is 0 Å². The zero-order chi connectivity index (χ0) is 18.8. The number of hydrogen-bond acceptors (Lipinski definition) is 4. The second kappa shape index (κ2) is 7.55. The molecule has 3 aromatic carbocycles. The predicted molar refractivity (Wildman–Crippen MR) is 117 cm³/mol. The van der Waals surface area contributed by atoms with E-state index in [0.717, 1.165) is 37.6 Å². The molecule has 0 radical (unpaired) electrons. The van der Waals surface area contributed by atoms with E-state index in [0.29, 0.717) is 11.3 Å². The van der Waals surface area contributed by atoms with E-state index in [2.05, 4.69) is 24.0 Å². The molecular formula is C22H18N2OS2. The van der Waals surface area contributed by atoms with Gasteiger partial charge in [-0.25, -0.2) is 4.98 Å². The normalized spacial score (nSPS) is 10.9. The topological polar surface area (TPSA) is 42.0 Å². The molecule has 0 saturated carbocycles. The van der Waals surface area contributed by atoms with E-state index in [1.807, 2.05) is 67.6 Å². The molecule has 0 unspecified atom stereocenters. The third kappa shape index (κ3) is 3.75. The molecular weight excluding hydrogens is 372 g/mol. The number of hydrogen-bond donors (Lipinski definition) is 2. The van der Waals surface area contributed by atoms with Crippen molar-refractivity contribution in [2.75, 3.05) is 5.32 Å². The number of fused-ring (bicyclic) bond motifs is 1. The molecule has 0 aliphatic heterocycles. The van der Waals surface area contributed by atoms with Gasteiger partial charge in [-0.15, -0.1) is 11.3 Å². The van der Waals surface area contributed by atoms with E-state index in [9.17, 15) is 4.79 Å². The third-order valence-electron chi connectivity index (χ3n) is 4.35. The van der Waals surface area contributed by atoms with Crippen molar-refractivity contribution in [1.82, 2.24) is 4.98 Å². The first-order valence-corrected chi connectivity index (χ1v) is 10.1. The Balaban J connectivity index is 1.69. The first-order chi connectivity index (χ1) is 13.1. The molecule has 1 heterocycles. The van der Waals surface area contributed by atoms with Gasteiger partial charge in [0.25, 0.3) is 5.91 Å². The molecule has 4 aromatic rings. The van der Waals surface area contributed by atoms with Crippen LogP contribution in [0.5, 0.6) is 0 Å². The lowest BCUT2D eigenvalue weighted by Crippen LogP contribution is -2.12. The summed E-state index contributed by atoms with van der Waals surface area (Å²) in [4.78, 5) is 17.5. The summed E-state index contributed by atoms with van der Waals surface area (Å²) in [5.41, 5.74) is 5.47. The van der Waals surface area contributed by atoms with Crippen molar-refractivity contribution in [1.29, 1.82) is 0 Å². The number of nitrogens with one attached hydrogen (secondary N) is 1. The van der Waals surface area contributed by atoms with Crippen molar-refractivity contribution in [2.45, 2.75) is 12.7 Å². The molecule has 27 heavy (non-hydrogen) atoms. The zero-order valence-corrected chi connectivity index (χ0v) is 16.5. The second-order valence-electron chi connectivity index (χ2n) is 6.34. The Bertz CT molecular complexity index is 1080. The van der Waals surface area contributed by atoms with Crippen molar-refractivity contribution >= 4 is 45.8 Å². The van der Waals surface area contributed by atoms with Gasteiger partial charge in [-0.2, -0.15) is 12.6 Å². The van der Waals surface area contributed by atoms with Crippen LogP contribution < -0.4 is 5.32 Å². The number of carbonyl (C=O) groups is 1. The van der Waals surface area contributed by atoms with Crippen LogP contribution in [0.4, 0.5) is 5.69 Å². The van der Waals surface area contributed by atoms with E-state index in [1.165, 1.54) is 0 Å². The molecule has 0 aliphatic carbocycles. The molecule has 1 N–H and O–H groups in total. The van der Waals surface area contributed by atoms with Crippen LogP contribution in [0.1, 0.15) is 21.5 Å². The average Bonchev–Trinajstić information content (AvgIpc) is 3.12. The Morgan fingerprint density at radius 2 is 1.85 bits per heavy atom. The summed E-state index contributed by atoms with van der Waals surface area (Å²) in [5, 5.41) is 3.96. The highest BCUT2D eigenvalue weighted by Crippen LogP contribution is 2.35. The monoisotopic (exact) mass is 390 g/mol. The van der Waals surface area contributed by atoms with Crippen molar-refractivity contribution < 1.29 is 4.79 Å². The van der Waals surface area contributed by atoms with Gasteiger partial charge in [0.2, 0.25) is 0 Å². The lowest BCUT2D eigenvalue weighted by atomic mass is 10.1. The average molecular weight is 391 g/mol. The number of nitrogens with zero attached hydrogens (tertiary/aromatic N) is 1. The molecule has 4 rings (SSSR count). The molecule has 1 amide bonds. The quantitative estimate of drug-likeness (QED) is 0.423. The summed E-state index contributed by atoms with van der Waals surface area (Å²) in [6.07, 6.45) is 0. The van der Waals surface area contributed by atoms with Crippen LogP contribution in [0, 0.1) is 6.92 Å². The van der Waals surface area contributed by atoms with Crippen LogP contribution in [-0.2, 0) is 5.75 Å². The summed E-state index contributed by atoms with van der Waals surface area (Å²) in [5.74, 6) is 0.523. The van der Waals surface area contributed by atoms with Crippen molar-refractivity contribution in [3.8, 4) is 10.6 Å². The Morgan fingerprint density at radius 3 is 2.59 bits per heavy atom. The Kier molecular flexibility index (Phi) is 4.97. The van der Waals surface area contributed by atoms with Crippen LogP contribution in [0.25, 0.3) is 20.8 Å². The third-order valence-corrected chi connectivity index (χ3v) is 5.78. The number of anilines is 1. The number of aromatic nitrogens is 1. The number of thiol groups is 1. The largest absolute Gasteiger partial charge is 0.321 e. The number of benzene rings is 3. The van der Waals surface area contributed by atoms with Gasteiger partial charge in [0.05, 0.1) is 15.9 Å². The summed E-state index contributed by atoms with van der Waals surface area (Å²) >= 11 is 5.88. The molecule has 0 saturated heterocycles. The molecule has 1 aromatic heterocycles. The fraction of sp³-hybridized carbons (Fsp3) is 0.0909. The summed E-state index contributed by atoms with van der Waals surface area (Å²) in [6.45, 7) is 2.01. The molecule has 0 aliphatic rings. The first kappa shape index (κ1) is 17.8. The Morgan fingerprint density at radius 1 is 1.07 bits per heavy atom. The SMILES string of the molecule is Cc1ccc(-c2nc3ccccc3s2)c(NC(=O)c2ccc(CS)cc2)c1. The molecule has 0 atom stereocenters. The van der Waals surface area contributed by atoms with Gasteiger partial charge in [-0.3, -0.25) is 4.79 Å². The van der Waals surface area contributed by atoms with Crippen LogP contribution in [0.3, 0.4) is 0 Å². The standard InChI is InChI=1S/C22H18N2OS2/c1-14-6-11-17(22-24-18-4-2-3-5-20(18)27-22)19(12-14)23-21(25)16-9-7-15(13-26)8-10-16/h2-12,26H,13H2,1H3,(H,23,25). The Hall–Kier alpha value is -2.63. The maximum absolute atomic E-state index is 12.7. The van der Waals surface area contributed by atoms with E-state index in [-0.39, 0.29) is 5.91 Å². The number of thiazole rings is 1. The number of para-hydroxylation sites is 1. The summed E-state index contributed by atoms with van der Waals surface area (Å²) < 4.78 is 1.13. The van der Waals surface area contributed by atoms with Gasteiger partial charge in [-0.05, 0) is 54.4 Å². The van der Waals surface area contributed by atoms with E-state index in [4.69, 9.17) is 4.98 Å². The van der Waals surface area contributed by atoms with Gasteiger partial charge < -0.3 is 5.32 Å². The van der Waals surface area contributed by atoms with E-state index >= 15 is 0 Å². The fourth-order valence-electron chi connectivity index (χ4n) is 2.89. The molecule has 0 bridgehead atoms. The first-order valence-electron chi connectivity index (χ1n) is 8.62. The lowest BCUT2D eigenvalue weighted by molar-refractivity contribution is 0.102. The lowest BCUT2D eigenvalue weighted by Gasteiger charge is -2.11. The molecule has 0 spiro atoms. The smallest absolute Gasteiger partial charge is 0.255 e. The maximum Gasteiger partial charge on any atom is 0.255 e. The second-order valence-corrected chi connectivity index (χ2v) is 7.69. The van der Waals surface area contributed by atoms with Gasteiger partial charge in [-0.1, -0.05) is 30.3 Å². The highest BCUT2D eigenvalue weighted by molar-refractivity contribution is 7.79. The highest BCUT2D eigenvalue weighted by atomic mass is 32.1. The Labute approximate surface area is 167 Å². The molecule has 5 heteroatoms. The van der Waals surface area contributed by atoms with Crippen molar-refractivity contribution in [3.05, 3.63) is 83.4 Å². The van der Waals surface area contributed by atoms with Gasteiger partial charge in [0.1, 0.15) is 5.01 Å². The summed E-state index contributed by atoms with van der Waals surface area (Å²) in [7, 11) is 0.